The first-order valence-electron chi connectivity index (χ1n) is 5.91. The van der Waals surface area contributed by atoms with Crippen molar-refractivity contribution in [3.63, 3.8) is 0 Å². The van der Waals surface area contributed by atoms with E-state index in [0.29, 0.717) is 5.56 Å². The lowest BCUT2D eigenvalue weighted by molar-refractivity contribution is 0.0505. The van der Waals surface area contributed by atoms with Gasteiger partial charge in [-0.25, -0.2) is 4.79 Å². The number of amides is 1. The number of nitrogens with one attached hydrogen (secondary N) is 1. The summed E-state index contributed by atoms with van der Waals surface area (Å²) in [5.74, 6) is -0.0873. The number of nitrogens with two attached hydrogens (primary N) is 1. The first kappa shape index (κ1) is 15.6. The molecule has 4 N–H and O–H groups in total. The van der Waals surface area contributed by atoms with Crippen LogP contribution in [0.15, 0.2) is 18.2 Å². The highest BCUT2D eigenvalue weighted by molar-refractivity contribution is 6.32. The van der Waals surface area contributed by atoms with Crippen LogP contribution in [-0.4, -0.2) is 23.3 Å². The van der Waals surface area contributed by atoms with Crippen LogP contribution in [0, 0.1) is 0 Å². The van der Waals surface area contributed by atoms with Crippen molar-refractivity contribution in [2.75, 3.05) is 6.54 Å². The Labute approximate surface area is 117 Å². The molecule has 6 heteroatoms. The number of benzene rings is 1. The fourth-order valence-electron chi connectivity index (χ4n) is 1.53. The average molecular weight is 287 g/mol. The maximum atomic E-state index is 11.7. The number of phenolic OH excluding ortho intramolecular Hbond substituents is 1. The number of carbonyl (C=O) groups excluding carboxylic acids is 1. The molecule has 0 radical (unpaired) electrons. The van der Waals surface area contributed by atoms with Crippen molar-refractivity contribution in [2.45, 2.75) is 32.4 Å². The second-order valence-corrected chi connectivity index (χ2v) is 5.52. The van der Waals surface area contributed by atoms with Crippen LogP contribution in [0.4, 0.5) is 4.79 Å². The highest BCUT2D eigenvalue weighted by Crippen LogP contribution is 2.31. The zero-order valence-electron chi connectivity index (χ0n) is 11.2. The number of phenols is 1. The molecule has 1 rings (SSSR count). The molecule has 0 saturated heterocycles. The van der Waals surface area contributed by atoms with Gasteiger partial charge < -0.3 is 20.9 Å². The molecular formula is C13H19ClN2O3. The van der Waals surface area contributed by atoms with E-state index in [1.54, 1.807) is 39.0 Å². The Morgan fingerprint density at radius 2 is 2.16 bits per heavy atom. The molecule has 0 bridgehead atoms. The van der Waals surface area contributed by atoms with Crippen LogP contribution in [0.5, 0.6) is 5.75 Å². The molecule has 1 aromatic carbocycles. The summed E-state index contributed by atoms with van der Waals surface area (Å²) >= 11 is 5.82. The zero-order valence-corrected chi connectivity index (χ0v) is 12.0. The lowest BCUT2D eigenvalue weighted by Crippen LogP contribution is -2.37. The van der Waals surface area contributed by atoms with Gasteiger partial charge in [-0.05, 0) is 26.8 Å². The summed E-state index contributed by atoms with van der Waals surface area (Å²) < 4.78 is 5.14. The summed E-state index contributed by atoms with van der Waals surface area (Å²) in [4.78, 5) is 11.7. The van der Waals surface area contributed by atoms with Crippen molar-refractivity contribution in [1.29, 1.82) is 0 Å². The van der Waals surface area contributed by atoms with Crippen LogP contribution in [0.3, 0.4) is 0 Å². The summed E-state index contributed by atoms with van der Waals surface area (Å²) in [7, 11) is 0. The van der Waals surface area contributed by atoms with E-state index in [0.717, 1.165) is 0 Å². The highest BCUT2D eigenvalue weighted by Gasteiger charge is 2.22. The van der Waals surface area contributed by atoms with E-state index in [9.17, 15) is 9.90 Å². The van der Waals surface area contributed by atoms with Crippen molar-refractivity contribution < 1.29 is 14.6 Å². The molecule has 0 heterocycles. The Balaban J connectivity index is 2.84. The predicted octanol–water partition coefficient (Wildman–Crippen LogP) is 2.57. The molecule has 1 aromatic rings. The minimum atomic E-state index is -0.598. The first-order chi connectivity index (χ1) is 8.74. The maximum absolute atomic E-state index is 11.7. The van der Waals surface area contributed by atoms with Crippen molar-refractivity contribution in [1.82, 2.24) is 5.32 Å². The number of alkyl carbamates (subject to hydrolysis) is 1. The Morgan fingerprint density at radius 1 is 1.53 bits per heavy atom. The van der Waals surface area contributed by atoms with Crippen LogP contribution in [0.1, 0.15) is 32.4 Å². The molecule has 106 valence electrons. The summed E-state index contributed by atoms with van der Waals surface area (Å²) in [6.45, 7) is 5.41. The van der Waals surface area contributed by atoms with Crippen molar-refractivity contribution in [3.8, 4) is 5.75 Å². The number of rotatable bonds is 3. The smallest absolute Gasteiger partial charge is 0.408 e. The monoisotopic (exact) mass is 286 g/mol. The van der Waals surface area contributed by atoms with Gasteiger partial charge in [-0.1, -0.05) is 23.7 Å². The molecule has 1 amide bonds. The fraction of sp³-hybridized carbons (Fsp3) is 0.462. The molecule has 0 aliphatic heterocycles. The third-order valence-corrected chi connectivity index (χ3v) is 2.63. The number of para-hydroxylation sites is 1. The number of aromatic hydroxyl groups is 1. The van der Waals surface area contributed by atoms with E-state index in [2.05, 4.69) is 5.32 Å². The van der Waals surface area contributed by atoms with Gasteiger partial charge in [0, 0.05) is 12.1 Å². The van der Waals surface area contributed by atoms with Gasteiger partial charge in [0.2, 0.25) is 0 Å². The van der Waals surface area contributed by atoms with Crippen molar-refractivity contribution in [2.24, 2.45) is 5.73 Å². The van der Waals surface area contributed by atoms with E-state index in [-0.39, 0.29) is 17.3 Å². The lowest BCUT2D eigenvalue weighted by atomic mass is 10.1. The Morgan fingerprint density at radius 3 is 2.68 bits per heavy atom. The number of halogens is 1. The summed E-state index contributed by atoms with van der Waals surface area (Å²) in [5.41, 5.74) is 5.47. The molecule has 1 atom stereocenters. The fourth-order valence-corrected chi connectivity index (χ4v) is 1.71. The lowest BCUT2D eigenvalue weighted by Gasteiger charge is -2.23. The van der Waals surface area contributed by atoms with Gasteiger partial charge in [-0.2, -0.15) is 0 Å². The standard InChI is InChI=1S/C13H19ClN2O3/c1-13(2,3)19-12(18)16-10(7-15)8-5-4-6-9(14)11(8)17/h4-6,10,17H,7,15H2,1-3H3,(H,16,18). The quantitative estimate of drug-likeness (QED) is 0.797. The third-order valence-electron chi connectivity index (χ3n) is 2.32. The molecule has 0 spiro atoms. The van der Waals surface area contributed by atoms with Gasteiger partial charge in [-0.3, -0.25) is 0 Å². The molecule has 0 aliphatic carbocycles. The highest BCUT2D eigenvalue weighted by atomic mass is 35.5. The van der Waals surface area contributed by atoms with Crippen LogP contribution in [-0.2, 0) is 4.74 Å². The largest absolute Gasteiger partial charge is 0.506 e. The number of hydrogen-bond acceptors (Lipinski definition) is 4. The van der Waals surface area contributed by atoms with E-state index < -0.39 is 17.7 Å². The first-order valence-corrected chi connectivity index (χ1v) is 6.29. The topological polar surface area (TPSA) is 84.6 Å². The number of ether oxygens (including phenoxy) is 1. The molecule has 0 aliphatic rings. The summed E-state index contributed by atoms with van der Waals surface area (Å²) in [6, 6.07) is 4.32. The normalized spacial score (nSPS) is 12.9. The predicted molar refractivity (Wildman–Crippen MR) is 74.3 cm³/mol. The van der Waals surface area contributed by atoms with Gasteiger partial charge in [-0.15, -0.1) is 0 Å². The van der Waals surface area contributed by atoms with E-state index in [1.165, 1.54) is 0 Å². The molecule has 5 nitrogen and oxygen atoms in total. The minimum absolute atomic E-state index is 0.0873. The van der Waals surface area contributed by atoms with Gasteiger partial charge in [0.15, 0.2) is 0 Å². The maximum Gasteiger partial charge on any atom is 0.408 e. The Kier molecular flexibility index (Phi) is 5.03. The van der Waals surface area contributed by atoms with Crippen molar-refractivity contribution in [3.05, 3.63) is 28.8 Å². The van der Waals surface area contributed by atoms with E-state index in [4.69, 9.17) is 22.1 Å². The van der Waals surface area contributed by atoms with Gasteiger partial charge >= 0.3 is 6.09 Å². The SMILES string of the molecule is CC(C)(C)OC(=O)NC(CN)c1cccc(Cl)c1O. The van der Waals surface area contributed by atoms with Crippen LogP contribution in [0.2, 0.25) is 5.02 Å². The molecule has 0 saturated carbocycles. The second-order valence-electron chi connectivity index (χ2n) is 5.11. The van der Waals surface area contributed by atoms with Crippen LogP contribution in [0.25, 0.3) is 0 Å². The molecule has 0 fully saturated rings. The number of carbonyl (C=O) groups is 1. The molecule has 1 unspecified atom stereocenters. The summed E-state index contributed by atoms with van der Waals surface area (Å²) in [5, 5.41) is 12.7. The van der Waals surface area contributed by atoms with Gasteiger partial charge in [0.1, 0.15) is 11.4 Å². The zero-order chi connectivity index (χ0) is 14.6. The Bertz CT molecular complexity index is 458. The molecule has 19 heavy (non-hydrogen) atoms. The van der Waals surface area contributed by atoms with Crippen molar-refractivity contribution >= 4 is 17.7 Å². The molecular weight excluding hydrogens is 268 g/mol. The summed E-state index contributed by atoms with van der Waals surface area (Å²) in [6.07, 6.45) is -0.595. The minimum Gasteiger partial charge on any atom is -0.506 e. The Hall–Kier alpha value is -1.46. The second kappa shape index (κ2) is 6.12. The molecule has 0 aromatic heterocycles. The van der Waals surface area contributed by atoms with E-state index >= 15 is 0 Å². The van der Waals surface area contributed by atoms with Crippen LogP contribution >= 0.6 is 11.6 Å². The van der Waals surface area contributed by atoms with Gasteiger partial charge in [0.05, 0.1) is 11.1 Å². The van der Waals surface area contributed by atoms with Crippen LogP contribution < -0.4 is 11.1 Å². The third kappa shape index (κ3) is 4.61. The number of hydrogen-bond donors (Lipinski definition) is 3. The van der Waals surface area contributed by atoms with E-state index in [1.807, 2.05) is 0 Å². The van der Waals surface area contributed by atoms with Gasteiger partial charge in [0.25, 0.3) is 0 Å². The average Bonchev–Trinajstić information content (AvgIpc) is 2.27.